The Morgan fingerprint density at radius 3 is 2.73 bits per heavy atom. The van der Waals surface area contributed by atoms with Crippen LogP contribution in [0.15, 0.2) is 45.3 Å². The Kier molecular flexibility index (Phi) is 6.73. The zero-order valence-electron chi connectivity index (χ0n) is 18.2. The van der Waals surface area contributed by atoms with E-state index >= 15 is 0 Å². The summed E-state index contributed by atoms with van der Waals surface area (Å²) < 4.78 is 21.8. The van der Waals surface area contributed by atoms with Crippen LogP contribution in [0.4, 0.5) is 4.39 Å². The SMILES string of the molecule is CCOC(=O)C1CCCN(C(=O)Cn2c(=O)n(Cc3ccccc3F)c(=O)c3sccc32)C1. The molecule has 1 unspecified atom stereocenters. The number of thiophene rings is 1. The van der Waals surface area contributed by atoms with Gasteiger partial charge in [0.25, 0.3) is 5.56 Å². The number of hydrogen-bond donors (Lipinski definition) is 0. The second kappa shape index (κ2) is 9.70. The quantitative estimate of drug-likeness (QED) is 0.512. The lowest BCUT2D eigenvalue weighted by Crippen LogP contribution is -2.47. The fraction of sp³-hybridized carbons (Fsp3) is 0.391. The number of piperidine rings is 1. The van der Waals surface area contributed by atoms with E-state index in [1.165, 1.54) is 34.1 Å². The van der Waals surface area contributed by atoms with E-state index < -0.39 is 23.0 Å². The van der Waals surface area contributed by atoms with Crippen LogP contribution in [0, 0.1) is 11.7 Å². The average molecular weight is 474 g/mol. The number of hydrogen-bond acceptors (Lipinski definition) is 6. The molecular formula is C23H24FN3O5S. The van der Waals surface area contributed by atoms with Gasteiger partial charge in [-0.2, -0.15) is 0 Å². The van der Waals surface area contributed by atoms with Gasteiger partial charge in [-0.3, -0.25) is 23.5 Å². The summed E-state index contributed by atoms with van der Waals surface area (Å²) in [6.45, 7) is 2.20. The fourth-order valence-corrected chi connectivity index (χ4v) is 4.96. The van der Waals surface area contributed by atoms with Crippen LogP contribution in [-0.2, 0) is 27.4 Å². The molecule has 1 saturated heterocycles. The van der Waals surface area contributed by atoms with E-state index in [9.17, 15) is 23.6 Å². The summed E-state index contributed by atoms with van der Waals surface area (Å²) in [4.78, 5) is 53.0. The third-order valence-corrected chi connectivity index (χ3v) is 6.70. The number of rotatable bonds is 6. The van der Waals surface area contributed by atoms with Gasteiger partial charge >= 0.3 is 11.7 Å². The average Bonchev–Trinajstić information content (AvgIpc) is 3.31. The van der Waals surface area contributed by atoms with Crippen molar-refractivity contribution < 1.29 is 18.7 Å². The smallest absolute Gasteiger partial charge is 0.332 e. The summed E-state index contributed by atoms with van der Waals surface area (Å²) in [6, 6.07) is 7.57. The maximum absolute atomic E-state index is 14.2. The minimum Gasteiger partial charge on any atom is -0.466 e. The zero-order chi connectivity index (χ0) is 23.5. The van der Waals surface area contributed by atoms with Crippen molar-refractivity contribution >= 4 is 33.4 Å². The molecule has 1 atom stereocenters. The topological polar surface area (TPSA) is 90.6 Å². The summed E-state index contributed by atoms with van der Waals surface area (Å²) in [5.74, 6) is -1.56. The largest absolute Gasteiger partial charge is 0.466 e. The van der Waals surface area contributed by atoms with Crippen molar-refractivity contribution in [2.45, 2.75) is 32.9 Å². The van der Waals surface area contributed by atoms with Crippen LogP contribution in [0.2, 0.25) is 0 Å². The second-order valence-corrected chi connectivity index (χ2v) is 8.83. The molecule has 0 bridgehead atoms. The Hall–Kier alpha value is -3.27. The molecular weight excluding hydrogens is 449 g/mol. The van der Waals surface area contributed by atoms with Crippen molar-refractivity contribution in [1.82, 2.24) is 14.0 Å². The number of esters is 1. The molecule has 3 heterocycles. The Balaban J connectivity index is 1.65. The van der Waals surface area contributed by atoms with Gasteiger partial charge in [0.1, 0.15) is 17.1 Å². The number of carbonyl (C=O) groups excluding carboxylic acids is 2. The van der Waals surface area contributed by atoms with Gasteiger partial charge in [0, 0.05) is 18.7 Å². The normalized spacial score (nSPS) is 16.2. The van der Waals surface area contributed by atoms with Crippen molar-refractivity contribution in [1.29, 1.82) is 0 Å². The molecule has 1 amide bonds. The first-order valence-electron chi connectivity index (χ1n) is 10.8. The molecule has 4 rings (SSSR count). The molecule has 3 aromatic rings. The van der Waals surface area contributed by atoms with Gasteiger partial charge in [-0.25, -0.2) is 9.18 Å². The molecule has 1 aliphatic heterocycles. The van der Waals surface area contributed by atoms with E-state index in [4.69, 9.17) is 4.74 Å². The number of fused-ring (bicyclic) bond motifs is 1. The van der Waals surface area contributed by atoms with Crippen molar-refractivity contribution in [3.63, 3.8) is 0 Å². The predicted molar refractivity (Wildman–Crippen MR) is 122 cm³/mol. The summed E-state index contributed by atoms with van der Waals surface area (Å²) in [5.41, 5.74) is -0.621. The molecule has 8 nitrogen and oxygen atoms in total. The standard InChI is InChI=1S/C23H24FN3O5S/c1-2-32-22(30)16-7-5-10-25(12-16)19(28)14-26-18-9-11-33-20(18)21(29)27(23(26)31)13-15-6-3-4-8-17(15)24/h3-4,6,8-9,11,16H,2,5,7,10,12-14H2,1H3. The minimum absolute atomic E-state index is 0.207. The van der Waals surface area contributed by atoms with Crippen LogP contribution in [0.5, 0.6) is 0 Å². The lowest BCUT2D eigenvalue weighted by molar-refractivity contribution is -0.151. The molecule has 0 N–H and O–H groups in total. The number of benzene rings is 1. The number of nitrogens with zero attached hydrogens (tertiary/aromatic N) is 3. The molecule has 2 aromatic heterocycles. The Bertz CT molecular complexity index is 1310. The monoisotopic (exact) mass is 473 g/mol. The van der Waals surface area contributed by atoms with E-state index in [1.54, 1.807) is 29.3 Å². The van der Waals surface area contributed by atoms with Crippen LogP contribution in [-0.4, -0.2) is 45.6 Å². The van der Waals surface area contributed by atoms with Gasteiger partial charge in [0.2, 0.25) is 5.91 Å². The van der Waals surface area contributed by atoms with Crippen LogP contribution in [0.3, 0.4) is 0 Å². The number of ether oxygens (including phenoxy) is 1. The lowest BCUT2D eigenvalue weighted by Gasteiger charge is -2.31. The van der Waals surface area contributed by atoms with Gasteiger partial charge in [0.05, 0.1) is 24.6 Å². The minimum atomic E-state index is -0.679. The highest BCUT2D eigenvalue weighted by atomic mass is 32.1. The van der Waals surface area contributed by atoms with Crippen molar-refractivity contribution in [3.05, 3.63) is 67.9 Å². The Labute approximate surface area is 192 Å². The zero-order valence-corrected chi connectivity index (χ0v) is 19.0. The van der Waals surface area contributed by atoms with Gasteiger partial charge in [-0.15, -0.1) is 11.3 Å². The number of carbonyl (C=O) groups is 2. The first kappa shape index (κ1) is 22.9. The first-order valence-corrected chi connectivity index (χ1v) is 11.7. The van der Waals surface area contributed by atoms with Crippen LogP contribution in [0.25, 0.3) is 10.2 Å². The van der Waals surface area contributed by atoms with Crippen LogP contribution >= 0.6 is 11.3 Å². The van der Waals surface area contributed by atoms with Gasteiger partial charge in [-0.1, -0.05) is 18.2 Å². The maximum atomic E-state index is 14.2. The number of aromatic nitrogens is 2. The highest BCUT2D eigenvalue weighted by molar-refractivity contribution is 7.17. The fourth-order valence-electron chi connectivity index (χ4n) is 4.11. The molecule has 1 aromatic carbocycles. The van der Waals surface area contributed by atoms with E-state index in [0.717, 1.165) is 4.57 Å². The lowest BCUT2D eigenvalue weighted by atomic mass is 9.98. The van der Waals surface area contributed by atoms with Crippen molar-refractivity contribution in [3.8, 4) is 0 Å². The molecule has 10 heteroatoms. The molecule has 174 valence electrons. The number of amides is 1. The maximum Gasteiger partial charge on any atom is 0.332 e. The van der Waals surface area contributed by atoms with Gasteiger partial charge < -0.3 is 9.64 Å². The van der Waals surface area contributed by atoms with Crippen LogP contribution < -0.4 is 11.2 Å². The van der Waals surface area contributed by atoms with E-state index in [0.29, 0.717) is 29.6 Å². The van der Waals surface area contributed by atoms with Crippen molar-refractivity contribution in [2.24, 2.45) is 5.92 Å². The second-order valence-electron chi connectivity index (χ2n) is 7.92. The van der Waals surface area contributed by atoms with E-state index in [-0.39, 0.29) is 43.7 Å². The summed E-state index contributed by atoms with van der Waals surface area (Å²) in [7, 11) is 0. The van der Waals surface area contributed by atoms with Gasteiger partial charge in [0.15, 0.2) is 0 Å². The van der Waals surface area contributed by atoms with E-state index in [2.05, 4.69) is 0 Å². The Morgan fingerprint density at radius 1 is 1.18 bits per heavy atom. The predicted octanol–water partition coefficient (Wildman–Crippen LogP) is 2.21. The molecule has 0 saturated carbocycles. The summed E-state index contributed by atoms with van der Waals surface area (Å²) in [6.07, 6.45) is 1.30. The van der Waals surface area contributed by atoms with E-state index in [1.807, 2.05) is 0 Å². The number of likely N-dealkylation sites (tertiary alicyclic amines) is 1. The summed E-state index contributed by atoms with van der Waals surface area (Å²) in [5, 5.41) is 1.68. The Morgan fingerprint density at radius 2 is 1.97 bits per heavy atom. The highest BCUT2D eigenvalue weighted by Gasteiger charge is 2.30. The van der Waals surface area contributed by atoms with Gasteiger partial charge in [-0.05, 0) is 37.3 Å². The van der Waals surface area contributed by atoms with Crippen molar-refractivity contribution in [2.75, 3.05) is 19.7 Å². The number of halogens is 1. The molecule has 1 aliphatic rings. The van der Waals surface area contributed by atoms with Crippen LogP contribution in [0.1, 0.15) is 25.3 Å². The molecule has 1 fully saturated rings. The molecule has 33 heavy (non-hydrogen) atoms. The molecule has 0 spiro atoms. The highest BCUT2D eigenvalue weighted by Crippen LogP contribution is 2.20. The first-order chi connectivity index (χ1) is 15.9. The summed E-state index contributed by atoms with van der Waals surface area (Å²) >= 11 is 1.17. The molecule has 0 radical (unpaired) electrons. The third kappa shape index (κ3) is 4.61. The third-order valence-electron chi connectivity index (χ3n) is 5.81. The molecule has 0 aliphatic carbocycles.